The number of anilines is 1. The first-order valence-electron chi connectivity index (χ1n) is 5.78. The zero-order valence-electron chi connectivity index (χ0n) is 9.65. The highest BCUT2D eigenvalue weighted by molar-refractivity contribution is 9.10. The molecule has 0 amide bonds. The molecule has 2 unspecified atom stereocenters. The molecule has 1 N–H and O–H groups in total. The SMILES string of the molecule is CC1CCCC1Nc1ccc(Br)cc1[N+](=O)[O-]. The molecule has 0 heterocycles. The summed E-state index contributed by atoms with van der Waals surface area (Å²) in [5.74, 6) is 0.582. The van der Waals surface area contributed by atoms with E-state index in [-0.39, 0.29) is 10.6 Å². The summed E-state index contributed by atoms with van der Waals surface area (Å²) in [6.07, 6.45) is 3.49. The van der Waals surface area contributed by atoms with Crippen molar-refractivity contribution in [2.75, 3.05) is 5.32 Å². The van der Waals surface area contributed by atoms with Crippen LogP contribution in [0.5, 0.6) is 0 Å². The Labute approximate surface area is 109 Å². The number of halogens is 1. The second kappa shape index (κ2) is 5.04. The van der Waals surface area contributed by atoms with Crippen LogP contribution in [0.2, 0.25) is 0 Å². The van der Waals surface area contributed by atoms with Crippen LogP contribution in [-0.4, -0.2) is 11.0 Å². The van der Waals surface area contributed by atoms with E-state index in [2.05, 4.69) is 28.2 Å². The lowest BCUT2D eigenvalue weighted by Crippen LogP contribution is -2.22. The normalized spacial score (nSPS) is 23.6. The maximum absolute atomic E-state index is 11.0. The Kier molecular flexibility index (Phi) is 3.66. The molecule has 0 aromatic heterocycles. The fourth-order valence-corrected chi connectivity index (χ4v) is 2.69. The molecule has 1 aliphatic rings. The van der Waals surface area contributed by atoms with Crippen LogP contribution < -0.4 is 5.32 Å². The largest absolute Gasteiger partial charge is 0.376 e. The van der Waals surface area contributed by atoms with Gasteiger partial charge in [0.15, 0.2) is 0 Å². The van der Waals surface area contributed by atoms with Crippen molar-refractivity contribution in [3.05, 3.63) is 32.8 Å². The quantitative estimate of drug-likeness (QED) is 0.679. The number of nitro benzene ring substituents is 1. The van der Waals surface area contributed by atoms with Crippen LogP contribution in [0, 0.1) is 16.0 Å². The molecular formula is C12H15BrN2O2. The van der Waals surface area contributed by atoms with E-state index in [0.29, 0.717) is 17.6 Å². The molecule has 0 radical (unpaired) electrons. The van der Waals surface area contributed by atoms with Crippen LogP contribution >= 0.6 is 15.9 Å². The number of nitrogens with one attached hydrogen (secondary N) is 1. The predicted molar refractivity (Wildman–Crippen MR) is 71.2 cm³/mol. The molecule has 2 atom stereocenters. The monoisotopic (exact) mass is 298 g/mol. The van der Waals surface area contributed by atoms with E-state index >= 15 is 0 Å². The minimum Gasteiger partial charge on any atom is -0.376 e. The Morgan fingerprint density at radius 1 is 1.47 bits per heavy atom. The van der Waals surface area contributed by atoms with Crippen molar-refractivity contribution in [2.45, 2.75) is 32.2 Å². The first-order chi connectivity index (χ1) is 8.08. The maximum Gasteiger partial charge on any atom is 0.293 e. The molecule has 0 saturated heterocycles. The van der Waals surface area contributed by atoms with Gasteiger partial charge in [0.1, 0.15) is 5.69 Å². The Balaban J connectivity index is 2.22. The van der Waals surface area contributed by atoms with Crippen LogP contribution in [0.3, 0.4) is 0 Å². The van der Waals surface area contributed by atoms with Gasteiger partial charge < -0.3 is 5.32 Å². The van der Waals surface area contributed by atoms with Gasteiger partial charge >= 0.3 is 0 Å². The Bertz CT molecular complexity index is 437. The molecule has 1 aromatic rings. The summed E-state index contributed by atoms with van der Waals surface area (Å²) < 4.78 is 0.731. The topological polar surface area (TPSA) is 55.2 Å². The van der Waals surface area contributed by atoms with Gasteiger partial charge in [0.05, 0.1) is 4.92 Å². The van der Waals surface area contributed by atoms with Crippen molar-refractivity contribution in [3.8, 4) is 0 Å². The van der Waals surface area contributed by atoms with E-state index < -0.39 is 0 Å². The smallest absolute Gasteiger partial charge is 0.293 e. The van der Waals surface area contributed by atoms with Crippen LogP contribution in [0.15, 0.2) is 22.7 Å². The van der Waals surface area contributed by atoms with Gasteiger partial charge in [0.2, 0.25) is 0 Å². The fraction of sp³-hybridized carbons (Fsp3) is 0.500. The zero-order chi connectivity index (χ0) is 12.4. The van der Waals surface area contributed by atoms with Crippen molar-refractivity contribution in [1.29, 1.82) is 0 Å². The third-order valence-electron chi connectivity index (χ3n) is 3.36. The van der Waals surface area contributed by atoms with Crippen molar-refractivity contribution in [3.63, 3.8) is 0 Å². The van der Waals surface area contributed by atoms with Crippen molar-refractivity contribution in [2.24, 2.45) is 5.92 Å². The average molecular weight is 299 g/mol. The van der Waals surface area contributed by atoms with Crippen LogP contribution in [0.1, 0.15) is 26.2 Å². The van der Waals surface area contributed by atoms with E-state index in [4.69, 9.17) is 0 Å². The predicted octanol–water partition coefficient (Wildman–Crippen LogP) is 3.96. The van der Waals surface area contributed by atoms with Gasteiger partial charge in [-0.25, -0.2) is 0 Å². The molecule has 4 nitrogen and oxygen atoms in total. The number of nitrogens with zero attached hydrogens (tertiary/aromatic N) is 1. The van der Waals surface area contributed by atoms with Crippen LogP contribution in [0.25, 0.3) is 0 Å². The van der Waals surface area contributed by atoms with E-state index in [1.807, 2.05) is 6.07 Å². The molecule has 1 fully saturated rings. The second-order valence-corrected chi connectivity index (χ2v) is 5.49. The minimum atomic E-state index is -0.341. The number of hydrogen-bond donors (Lipinski definition) is 1. The molecular weight excluding hydrogens is 284 g/mol. The molecule has 1 saturated carbocycles. The first kappa shape index (κ1) is 12.4. The summed E-state index contributed by atoms with van der Waals surface area (Å²) in [5, 5.41) is 14.3. The molecule has 1 aromatic carbocycles. The summed E-state index contributed by atoms with van der Waals surface area (Å²) in [7, 11) is 0. The molecule has 5 heteroatoms. The molecule has 0 bridgehead atoms. The second-order valence-electron chi connectivity index (χ2n) is 4.58. The molecule has 17 heavy (non-hydrogen) atoms. The van der Waals surface area contributed by atoms with Gasteiger partial charge in [-0.2, -0.15) is 0 Å². The lowest BCUT2D eigenvalue weighted by molar-refractivity contribution is -0.384. The van der Waals surface area contributed by atoms with Gasteiger partial charge in [-0.05, 0) is 30.9 Å². The van der Waals surface area contributed by atoms with Crippen LogP contribution in [0.4, 0.5) is 11.4 Å². The van der Waals surface area contributed by atoms with E-state index in [1.165, 1.54) is 12.8 Å². The summed E-state index contributed by atoms with van der Waals surface area (Å²) in [4.78, 5) is 10.6. The number of rotatable bonds is 3. The van der Waals surface area contributed by atoms with E-state index in [9.17, 15) is 10.1 Å². The highest BCUT2D eigenvalue weighted by atomic mass is 79.9. The highest BCUT2D eigenvalue weighted by Crippen LogP contribution is 2.33. The van der Waals surface area contributed by atoms with E-state index in [1.54, 1.807) is 12.1 Å². The summed E-state index contributed by atoms with van der Waals surface area (Å²) in [6.45, 7) is 2.19. The van der Waals surface area contributed by atoms with Crippen molar-refractivity contribution in [1.82, 2.24) is 0 Å². The summed E-state index contributed by atoms with van der Waals surface area (Å²) in [5.41, 5.74) is 0.760. The Hall–Kier alpha value is -1.10. The lowest BCUT2D eigenvalue weighted by atomic mass is 10.1. The van der Waals surface area contributed by atoms with Gasteiger partial charge in [-0.3, -0.25) is 10.1 Å². The molecule has 92 valence electrons. The van der Waals surface area contributed by atoms with Gasteiger partial charge in [-0.15, -0.1) is 0 Å². The lowest BCUT2D eigenvalue weighted by Gasteiger charge is -2.18. The summed E-state index contributed by atoms with van der Waals surface area (Å²) >= 11 is 3.26. The maximum atomic E-state index is 11.0. The third-order valence-corrected chi connectivity index (χ3v) is 3.85. The zero-order valence-corrected chi connectivity index (χ0v) is 11.2. The first-order valence-corrected chi connectivity index (χ1v) is 6.57. The number of nitro groups is 1. The molecule has 2 rings (SSSR count). The third kappa shape index (κ3) is 2.77. The minimum absolute atomic E-state index is 0.137. The Morgan fingerprint density at radius 3 is 2.82 bits per heavy atom. The van der Waals surface area contributed by atoms with Crippen molar-refractivity contribution < 1.29 is 4.92 Å². The average Bonchev–Trinajstić information content (AvgIpc) is 2.67. The number of benzene rings is 1. The van der Waals surface area contributed by atoms with Gasteiger partial charge in [0.25, 0.3) is 5.69 Å². The van der Waals surface area contributed by atoms with E-state index in [0.717, 1.165) is 10.9 Å². The fourth-order valence-electron chi connectivity index (χ4n) is 2.34. The number of hydrogen-bond acceptors (Lipinski definition) is 3. The van der Waals surface area contributed by atoms with Gasteiger partial charge in [0, 0.05) is 16.6 Å². The Morgan fingerprint density at radius 2 is 2.24 bits per heavy atom. The van der Waals surface area contributed by atoms with Gasteiger partial charge in [-0.1, -0.05) is 29.3 Å². The molecule has 0 spiro atoms. The van der Waals surface area contributed by atoms with Crippen molar-refractivity contribution >= 4 is 27.3 Å². The highest BCUT2D eigenvalue weighted by Gasteiger charge is 2.25. The standard InChI is InChI=1S/C12H15BrN2O2/c1-8-3-2-4-10(8)14-11-6-5-9(13)7-12(11)15(16)17/h5-8,10,14H,2-4H2,1H3. The molecule has 1 aliphatic carbocycles. The molecule has 0 aliphatic heterocycles. The summed E-state index contributed by atoms with van der Waals surface area (Å²) in [6, 6.07) is 5.50. The van der Waals surface area contributed by atoms with Crippen LogP contribution in [-0.2, 0) is 0 Å².